The highest BCUT2D eigenvalue weighted by atomic mass is 32.2. The second kappa shape index (κ2) is 4.00. The van der Waals surface area contributed by atoms with Gasteiger partial charge in [-0.3, -0.25) is 4.99 Å². The first-order valence-electron chi connectivity index (χ1n) is 4.06. The van der Waals surface area contributed by atoms with Crippen LogP contribution in [0.15, 0.2) is 4.99 Å². The van der Waals surface area contributed by atoms with Gasteiger partial charge in [0.15, 0.2) is 0 Å². The van der Waals surface area contributed by atoms with E-state index in [1.165, 1.54) is 19.3 Å². The summed E-state index contributed by atoms with van der Waals surface area (Å²) < 4.78 is 0. The number of amidine groups is 1. The Bertz CT molecular complexity index is 152. The summed E-state index contributed by atoms with van der Waals surface area (Å²) in [5.74, 6) is 0.732. The minimum Gasteiger partial charge on any atom is -0.388 e. The minimum atomic E-state index is 0.495. The fourth-order valence-electron chi connectivity index (χ4n) is 1.59. The molecule has 11 heavy (non-hydrogen) atoms. The van der Waals surface area contributed by atoms with Crippen LogP contribution in [0.3, 0.4) is 0 Å². The molecule has 1 rings (SSSR count). The summed E-state index contributed by atoms with van der Waals surface area (Å²) in [5.41, 5.74) is 5.53. The maximum absolute atomic E-state index is 5.53. The highest BCUT2D eigenvalue weighted by Gasteiger charge is 2.25. The summed E-state index contributed by atoms with van der Waals surface area (Å²) in [4.78, 5) is 4.40. The number of hydrogen-bond acceptors (Lipinski definition) is 2. The second-order valence-corrected chi connectivity index (χ2v) is 4.12. The number of nitrogens with zero attached hydrogens (tertiary/aromatic N) is 1. The monoisotopic (exact) mass is 172 g/mol. The molecule has 1 aliphatic carbocycles. The Morgan fingerprint density at radius 2 is 2.27 bits per heavy atom. The van der Waals surface area contributed by atoms with Gasteiger partial charge in [-0.05, 0) is 26.0 Å². The van der Waals surface area contributed by atoms with Crippen molar-refractivity contribution in [2.75, 3.05) is 6.26 Å². The van der Waals surface area contributed by atoms with Gasteiger partial charge in [-0.15, -0.1) is 0 Å². The van der Waals surface area contributed by atoms with Crippen molar-refractivity contribution in [3.63, 3.8) is 0 Å². The summed E-state index contributed by atoms with van der Waals surface area (Å²) in [6.07, 6.45) is 6.00. The average molecular weight is 172 g/mol. The molecule has 0 aliphatic heterocycles. The van der Waals surface area contributed by atoms with Crippen LogP contribution in [0, 0.1) is 0 Å². The predicted molar refractivity (Wildman–Crippen MR) is 52.2 cm³/mol. The number of hydrogen-bond donors (Lipinski definition) is 1. The van der Waals surface area contributed by atoms with Gasteiger partial charge in [-0.1, -0.05) is 6.42 Å². The Hall–Kier alpha value is -0.180. The third kappa shape index (κ3) is 2.40. The standard InChI is InChI=1S/C8H16N2S/c1-6(9)10-7-4-3-5-8(7)11-2/h7-8H,3-5H2,1-2H3,(H2,9,10). The summed E-state index contributed by atoms with van der Waals surface area (Å²) in [5, 5.41) is 0.716. The van der Waals surface area contributed by atoms with E-state index in [1.807, 2.05) is 18.7 Å². The molecule has 0 amide bonds. The number of thioether (sulfide) groups is 1. The summed E-state index contributed by atoms with van der Waals surface area (Å²) in [6.45, 7) is 1.87. The molecule has 0 bridgehead atoms. The van der Waals surface area contributed by atoms with E-state index in [4.69, 9.17) is 5.73 Å². The smallest absolute Gasteiger partial charge is 0.0909 e. The molecule has 0 heterocycles. The Labute approximate surface area is 72.6 Å². The third-order valence-corrected chi connectivity index (χ3v) is 3.25. The van der Waals surface area contributed by atoms with Crippen molar-refractivity contribution in [1.29, 1.82) is 0 Å². The largest absolute Gasteiger partial charge is 0.388 e. The average Bonchev–Trinajstić information content (AvgIpc) is 2.34. The zero-order chi connectivity index (χ0) is 8.27. The number of aliphatic imine (C=N–C) groups is 1. The summed E-state index contributed by atoms with van der Waals surface area (Å²) in [7, 11) is 0. The van der Waals surface area contributed by atoms with Gasteiger partial charge in [0.25, 0.3) is 0 Å². The molecule has 0 aromatic heterocycles. The van der Waals surface area contributed by atoms with Crippen LogP contribution >= 0.6 is 11.8 Å². The molecule has 1 aliphatic rings. The van der Waals surface area contributed by atoms with Crippen LogP contribution in [0.5, 0.6) is 0 Å². The van der Waals surface area contributed by atoms with Crippen molar-refractivity contribution in [3.05, 3.63) is 0 Å². The molecular weight excluding hydrogens is 156 g/mol. The Morgan fingerprint density at radius 1 is 1.55 bits per heavy atom. The molecule has 2 nitrogen and oxygen atoms in total. The van der Waals surface area contributed by atoms with E-state index >= 15 is 0 Å². The quantitative estimate of drug-likeness (QED) is 0.508. The first kappa shape index (κ1) is 8.91. The van der Waals surface area contributed by atoms with Crippen LogP contribution in [0.2, 0.25) is 0 Å². The lowest BCUT2D eigenvalue weighted by molar-refractivity contribution is 0.718. The van der Waals surface area contributed by atoms with E-state index in [1.54, 1.807) is 0 Å². The fraction of sp³-hybridized carbons (Fsp3) is 0.875. The molecule has 64 valence electrons. The molecule has 0 aromatic carbocycles. The molecule has 1 fully saturated rings. The number of nitrogens with two attached hydrogens (primary N) is 1. The Balaban J connectivity index is 2.50. The molecule has 0 saturated heterocycles. The van der Waals surface area contributed by atoms with Crippen LogP contribution in [-0.4, -0.2) is 23.4 Å². The predicted octanol–water partition coefficient (Wildman–Crippen LogP) is 1.65. The maximum Gasteiger partial charge on any atom is 0.0909 e. The van der Waals surface area contributed by atoms with Crippen molar-refractivity contribution >= 4 is 17.6 Å². The zero-order valence-electron chi connectivity index (χ0n) is 7.21. The zero-order valence-corrected chi connectivity index (χ0v) is 8.03. The van der Waals surface area contributed by atoms with Crippen molar-refractivity contribution in [2.24, 2.45) is 10.7 Å². The lowest BCUT2D eigenvalue weighted by atomic mass is 10.2. The van der Waals surface area contributed by atoms with Gasteiger partial charge in [0.05, 0.1) is 11.9 Å². The van der Waals surface area contributed by atoms with Gasteiger partial charge >= 0.3 is 0 Å². The van der Waals surface area contributed by atoms with Crippen LogP contribution in [0.1, 0.15) is 26.2 Å². The fourth-order valence-corrected chi connectivity index (χ4v) is 2.50. The van der Waals surface area contributed by atoms with Crippen LogP contribution in [0.25, 0.3) is 0 Å². The summed E-state index contributed by atoms with van der Waals surface area (Å²) >= 11 is 1.92. The lowest BCUT2D eigenvalue weighted by Crippen LogP contribution is -2.18. The van der Waals surface area contributed by atoms with E-state index in [0.29, 0.717) is 11.3 Å². The van der Waals surface area contributed by atoms with Crippen molar-refractivity contribution in [3.8, 4) is 0 Å². The number of rotatable bonds is 2. The van der Waals surface area contributed by atoms with E-state index in [0.717, 1.165) is 5.84 Å². The van der Waals surface area contributed by atoms with Crippen LogP contribution < -0.4 is 5.73 Å². The lowest BCUT2D eigenvalue weighted by Gasteiger charge is -2.12. The topological polar surface area (TPSA) is 38.4 Å². The van der Waals surface area contributed by atoms with Crippen molar-refractivity contribution in [1.82, 2.24) is 0 Å². The molecule has 0 radical (unpaired) electrons. The molecular formula is C8H16N2S. The Kier molecular flexibility index (Phi) is 3.24. The Morgan fingerprint density at radius 3 is 2.82 bits per heavy atom. The second-order valence-electron chi connectivity index (χ2n) is 3.04. The van der Waals surface area contributed by atoms with Gasteiger partial charge in [0, 0.05) is 5.25 Å². The van der Waals surface area contributed by atoms with Gasteiger partial charge in [-0.2, -0.15) is 11.8 Å². The van der Waals surface area contributed by atoms with Crippen molar-refractivity contribution < 1.29 is 0 Å². The van der Waals surface area contributed by atoms with Gasteiger partial charge < -0.3 is 5.73 Å². The van der Waals surface area contributed by atoms with Gasteiger partial charge in [0.1, 0.15) is 0 Å². The molecule has 1 saturated carbocycles. The van der Waals surface area contributed by atoms with E-state index in [2.05, 4.69) is 11.2 Å². The highest BCUT2D eigenvalue weighted by molar-refractivity contribution is 7.99. The van der Waals surface area contributed by atoms with E-state index in [-0.39, 0.29) is 0 Å². The third-order valence-electron chi connectivity index (χ3n) is 2.09. The first-order chi connectivity index (χ1) is 5.24. The van der Waals surface area contributed by atoms with E-state index in [9.17, 15) is 0 Å². The normalized spacial score (nSPS) is 32.7. The summed E-state index contributed by atoms with van der Waals surface area (Å²) in [6, 6.07) is 0.495. The maximum atomic E-state index is 5.53. The van der Waals surface area contributed by atoms with Gasteiger partial charge in [0.2, 0.25) is 0 Å². The first-order valence-corrected chi connectivity index (χ1v) is 5.35. The minimum absolute atomic E-state index is 0.495. The van der Waals surface area contributed by atoms with Crippen LogP contribution in [-0.2, 0) is 0 Å². The van der Waals surface area contributed by atoms with Gasteiger partial charge in [-0.25, -0.2) is 0 Å². The SMILES string of the molecule is CSC1CCCC1N=C(C)N. The van der Waals surface area contributed by atoms with Crippen molar-refractivity contribution in [2.45, 2.75) is 37.5 Å². The van der Waals surface area contributed by atoms with E-state index < -0.39 is 0 Å². The molecule has 3 heteroatoms. The molecule has 0 aromatic rings. The molecule has 0 spiro atoms. The molecule has 2 unspecified atom stereocenters. The molecule has 2 atom stereocenters. The van der Waals surface area contributed by atoms with Crippen LogP contribution in [0.4, 0.5) is 0 Å². The highest BCUT2D eigenvalue weighted by Crippen LogP contribution is 2.30. The molecule has 2 N–H and O–H groups in total.